The minimum Gasteiger partial charge on any atom is -0.312 e. The standard InChI is InChI=1S/C9H13F3N2S/c1-13-7(8-5-15-6-14-8)3-2-4-9(10,11)12/h5-7,13H,2-4H2,1H3. The molecular weight excluding hydrogens is 225 g/mol. The first-order chi connectivity index (χ1) is 7.03. The largest absolute Gasteiger partial charge is 0.389 e. The maximum absolute atomic E-state index is 11.9. The molecular formula is C9H13F3N2S. The van der Waals surface area contributed by atoms with Crippen LogP contribution in [0.3, 0.4) is 0 Å². The van der Waals surface area contributed by atoms with Gasteiger partial charge in [0, 0.05) is 11.8 Å². The lowest BCUT2D eigenvalue weighted by atomic mass is 10.1. The van der Waals surface area contributed by atoms with E-state index in [0.29, 0.717) is 6.42 Å². The number of rotatable bonds is 5. The monoisotopic (exact) mass is 238 g/mol. The summed E-state index contributed by atoms with van der Waals surface area (Å²) >= 11 is 1.45. The summed E-state index contributed by atoms with van der Waals surface area (Å²) in [6.45, 7) is 0. The first-order valence-electron chi connectivity index (χ1n) is 4.65. The van der Waals surface area contributed by atoms with Crippen LogP contribution in [0.2, 0.25) is 0 Å². The highest BCUT2D eigenvalue weighted by atomic mass is 32.1. The van der Waals surface area contributed by atoms with Crippen molar-refractivity contribution in [3.63, 3.8) is 0 Å². The second-order valence-corrected chi connectivity index (χ2v) is 3.98. The number of halogens is 3. The van der Waals surface area contributed by atoms with Crippen LogP contribution >= 0.6 is 11.3 Å². The number of nitrogens with zero attached hydrogens (tertiary/aromatic N) is 1. The summed E-state index contributed by atoms with van der Waals surface area (Å²) < 4.78 is 35.8. The van der Waals surface area contributed by atoms with Crippen LogP contribution in [0.1, 0.15) is 31.0 Å². The van der Waals surface area contributed by atoms with E-state index >= 15 is 0 Å². The van der Waals surface area contributed by atoms with Gasteiger partial charge in [-0.05, 0) is 19.9 Å². The van der Waals surface area contributed by atoms with E-state index in [4.69, 9.17) is 0 Å². The molecule has 1 unspecified atom stereocenters. The molecule has 0 amide bonds. The van der Waals surface area contributed by atoms with Crippen molar-refractivity contribution in [2.24, 2.45) is 0 Å². The first-order valence-corrected chi connectivity index (χ1v) is 5.59. The van der Waals surface area contributed by atoms with Crippen LogP contribution in [0, 0.1) is 0 Å². The van der Waals surface area contributed by atoms with E-state index in [1.54, 1.807) is 12.6 Å². The zero-order chi connectivity index (χ0) is 11.3. The van der Waals surface area contributed by atoms with Crippen molar-refractivity contribution in [1.29, 1.82) is 0 Å². The molecule has 2 nitrogen and oxygen atoms in total. The van der Waals surface area contributed by atoms with Crippen LogP contribution in [-0.2, 0) is 0 Å². The molecule has 0 spiro atoms. The molecule has 1 rings (SSSR count). The predicted molar refractivity (Wildman–Crippen MR) is 53.8 cm³/mol. The fraction of sp³-hybridized carbons (Fsp3) is 0.667. The van der Waals surface area contributed by atoms with E-state index in [0.717, 1.165) is 5.69 Å². The SMILES string of the molecule is CNC(CCCC(F)(F)F)c1cscn1. The minimum atomic E-state index is -4.06. The highest BCUT2D eigenvalue weighted by Crippen LogP contribution is 2.25. The van der Waals surface area contributed by atoms with Crippen LogP contribution in [0.15, 0.2) is 10.9 Å². The molecule has 0 aliphatic heterocycles. The number of thiazole rings is 1. The smallest absolute Gasteiger partial charge is 0.312 e. The van der Waals surface area contributed by atoms with Gasteiger partial charge in [-0.15, -0.1) is 11.3 Å². The van der Waals surface area contributed by atoms with Gasteiger partial charge in [0.05, 0.1) is 17.2 Å². The van der Waals surface area contributed by atoms with Crippen LogP contribution in [-0.4, -0.2) is 18.2 Å². The molecule has 0 aliphatic rings. The van der Waals surface area contributed by atoms with E-state index < -0.39 is 12.6 Å². The Labute approximate surface area is 90.5 Å². The van der Waals surface area contributed by atoms with Gasteiger partial charge in [-0.2, -0.15) is 13.2 Å². The van der Waals surface area contributed by atoms with E-state index in [-0.39, 0.29) is 12.5 Å². The third-order valence-corrected chi connectivity index (χ3v) is 2.71. The van der Waals surface area contributed by atoms with Gasteiger partial charge in [-0.3, -0.25) is 0 Å². The first kappa shape index (κ1) is 12.4. The van der Waals surface area contributed by atoms with Crippen molar-refractivity contribution in [3.8, 4) is 0 Å². The Morgan fingerprint density at radius 3 is 2.73 bits per heavy atom. The topological polar surface area (TPSA) is 24.9 Å². The van der Waals surface area contributed by atoms with Gasteiger partial charge < -0.3 is 5.32 Å². The van der Waals surface area contributed by atoms with E-state index in [1.807, 2.05) is 5.38 Å². The Hall–Kier alpha value is -0.620. The number of alkyl halides is 3. The van der Waals surface area contributed by atoms with Crippen LogP contribution < -0.4 is 5.32 Å². The van der Waals surface area contributed by atoms with Crippen LogP contribution in [0.5, 0.6) is 0 Å². The Balaban J connectivity index is 2.36. The molecule has 1 heterocycles. The Morgan fingerprint density at radius 1 is 1.53 bits per heavy atom. The molecule has 0 aromatic carbocycles. The summed E-state index contributed by atoms with van der Waals surface area (Å²) in [4.78, 5) is 4.08. The lowest BCUT2D eigenvalue weighted by Crippen LogP contribution is -2.17. The highest BCUT2D eigenvalue weighted by molar-refractivity contribution is 7.07. The number of aromatic nitrogens is 1. The number of nitrogens with one attached hydrogen (secondary N) is 1. The normalized spacial score (nSPS) is 14.1. The zero-order valence-corrected chi connectivity index (χ0v) is 9.16. The average Bonchev–Trinajstić information content (AvgIpc) is 2.63. The maximum Gasteiger partial charge on any atom is 0.389 e. The molecule has 15 heavy (non-hydrogen) atoms. The van der Waals surface area contributed by atoms with Crippen molar-refractivity contribution in [2.75, 3.05) is 7.05 Å². The summed E-state index contributed by atoms with van der Waals surface area (Å²) in [6.07, 6.45) is -4.19. The van der Waals surface area contributed by atoms with Gasteiger partial charge >= 0.3 is 6.18 Å². The van der Waals surface area contributed by atoms with E-state index in [2.05, 4.69) is 10.3 Å². The Kier molecular flexibility index (Phi) is 4.53. The minimum absolute atomic E-state index is 0.0707. The number of hydrogen-bond donors (Lipinski definition) is 1. The molecule has 0 saturated carbocycles. The summed E-state index contributed by atoms with van der Waals surface area (Å²) in [5, 5.41) is 4.82. The van der Waals surface area contributed by atoms with Crippen LogP contribution in [0.4, 0.5) is 13.2 Å². The fourth-order valence-electron chi connectivity index (χ4n) is 1.34. The second kappa shape index (κ2) is 5.46. The van der Waals surface area contributed by atoms with Crippen molar-refractivity contribution in [3.05, 3.63) is 16.6 Å². The maximum atomic E-state index is 11.9. The molecule has 1 aromatic heterocycles. The van der Waals surface area contributed by atoms with E-state index in [1.165, 1.54) is 11.3 Å². The van der Waals surface area contributed by atoms with E-state index in [9.17, 15) is 13.2 Å². The van der Waals surface area contributed by atoms with Gasteiger partial charge in [0.2, 0.25) is 0 Å². The summed E-state index contributed by atoms with van der Waals surface area (Å²) in [5.41, 5.74) is 2.51. The van der Waals surface area contributed by atoms with Crippen molar-refractivity contribution in [2.45, 2.75) is 31.5 Å². The highest BCUT2D eigenvalue weighted by Gasteiger charge is 2.26. The molecule has 0 fully saturated rings. The Morgan fingerprint density at radius 2 is 2.27 bits per heavy atom. The molecule has 1 aromatic rings. The predicted octanol–water partition coefficient (Wildman–Crippen LogP) is 3.14. The average molecular weight is 238 g/mol. The molecule has 0 saturated heterocycles. The fourth-order valence-corrected chi connectivity index (χ4v) is 1.95. The van der Waals surface area contributed by atoms with Crippen molar-refractivity contribution in [1.82, 2.24) is 10.3 Å². The van der Waals surface area contributed by atoms with Gasteiger partial charge in [-0.1, -0.05) is 0 Å². The summed E-state index contributed by atoms with van der Waals surface area (Å²) in [7, 11) is 1.73. The zero-order valence-electron chi connectivity index (χ0n) is 8.34. The second-order valence-electron chi connectivity index (χ2n) is 3.26. The molecule has 6 heteroatoms. The summed E-state index contributed by atoms with van der Waals surface area (Å²) in [5.74, 6) is 0. The summed E-state index contributed by atoms with van der Waals surface area (Å²) in [6, 6.07) is -0.0707. The van der Waals surface area contributed by atoms with Crippen molar-refractivity contribution >= 4 is 11.3 Å². The quantitative estimate of drug-likeness (QED) is 0.852. The van der Waals surface area contributed by atoms with Crippen molar-refractivity contribution < 1.29 is 13.2 Å². The third-order valence-electron chi connectivity index (χ3n) is 2.11. The van der Waals surface area contributed by atoms with Gasteiger partial charge in [-0.25, -0.2) is 4.98 Å². The molecule has 86 valence electrons. The van der Waals surface area contributed by atoms with Crippen LogP contribution in [0.25, 0.3) is 0 Å². The van der Waals surface area contributed by atoms with Gasteiger partial charge in [0.25, 0.3) is 0 Å². The molecule has 1 N–H and O–H groups in total. The molecule has 0 aliphatic carbocycles. The van der Waals surface area contributed by atoms with Gasteiger partial charge in [0.1, 0.15) is 0 Å². The Bertz CT molecular complexity index is 271. The lowest BCUT2D eigenvalue weighted by molar-refractivity contribution is -0.135. The molecule has 0 bridgehead atoms. The third kappa shape index (κ3) is 4.61. The number of hydrogen-bond acceptors (Lipinski definition) is 3. The lowest BCUT2D eigenvalue weighted by Gasteiger charge is -2.14. The molecule has 0 radical (unpaired) electrons. The van der Waals surface area contributed by atoms with Gasteiger partial charge in [0.15, 0.2) is 0 Å². The molecule has 1 atom stereocenters.